The summed E-state index contributed by atoms with van der Waals surface area (Å²) in [6.45, 7) is 17.4. The van der Waals surface area contributed by atoms with E-state index in [2.05, 4.69) is 51.8 Å². The minimum Gasteiger partial charge on any atom is -0.312 e. The molecule has 1 N–H and O–H groups in total. The minimum atomic E-state index is 0.268. The highest BCUT2D eigenvalue weighted by Gasteiger charge is 2.09. The van der Waals surface area contributed by atoms with Crippen molar-refractivity contribution < 1.29 is 0 Å². The summed E-state index contributed by atoms with van der Waals surface area (Å²) in [5.41, 5.74) is 0.268. The fourth-order valence-electron chi connectivity index (χ4n) is 2.27. The second-order valence-electron chi connectivity index (χ2n) is 7.07. The van der Waals surface area contributed by atoms with Crippen LogP contribution in [0, 0.1) is 0 Å². The van der Waals surface area contributed by atoms with E-state index < -0.39 is 0 Å². The Morgan fingerprint density at radius 1 is 0.895 bits per heavy atom. The molecule has 0 radical (unpaired) electrons. The van der Waals surface area contributed by atoms with Crippen molar-refractivity contribution in [1.82, 2.24) is 10.2 Å². The van der Waals surface area contributed by atoms with Gasteiger partial charge in [0.2, 0.25) is 0 Å². The van der Waals surface area contributed by atoms with Crippen molar-refractivity contribution >= 4 is 0 Å². The fraction of sp³-hybridized carbons (Fsp3) is 1.00. The van der Waals surface area contributed by atoms with Crippen LogP contribution in [-0.2, 0) is 0 Å². The predicted octanol–water partition coefficient (Wildman–Crippen LogP) is 4.45. The van der Waals surface area contributed by atoms with Crippen LogP contribution in [0.2, 0.25) is 0 Å². The molecule has 2 heteroatoms. The van der Waals surface area contributed by atoms with Crippen molar-refractivity contribution in [2.24, 2.45) is 0 Å². The summed E-state index contributed by atoms with van der Waals surface area (Å²) in [5, 5.41) is 3.56. The lowest BCUT2D eigenvalue weighted by Gasteiger charge is -2.26. The molecular weight excluding hydrogens is 232 g/mol. The molecule has 0 aliphatic heterocycles. The van der Waals surface area contributed by atoms with Crippen molar-refractivity contribution in [3.8, 4) is 0 Å². The maximum Gasteiger partial charge on any atom is 0.00965 e. The number of unbranched alkanes of at least 4 members (excludes halogenated alkanes) is 4. The fourth-order valence-corrected chi connectivity index (χ4v) is 2.27. The molecule has 0 aliphatic carbocycles. The Morgan fingerprint density at radius 2 is 1.47 bits per heavy atom. The third-order valence-corrected chi connectivity index (χ3v) is 3.56. The lowest BCUT2D eigenvalue weighted by atomic mass is 10.1. The van der Waals surface area contributed by atoms with E-state index in [1.165, 1.54) is 51.6 Å². The molecule has 0 amide bonds. The van der Waals surface area contributed by atoms with E-state index in [-0.39, 0.29) is 5.54 Å². The van der Waals surface area contributed by atoms with Gasteiger partial charge in [-0.15, -0.1) is 0 Å². The Balaban J connectivity index is 3.58. The van der Waals surface area contributed by atoms with E-state index in [0.29, 0.717) is 6.04 Å². The number of rotatable bonds is 11. The largest absolute Gasteiger partial charge is 0.312 e. The number of hydrogen-bond acceptors (Lipinski definition) is 2. The first-order valence-corrected chi connectivity index (χ1v) is 8.36. The van der Waals surface area contributed by atoms with Crippen LogP contribution in [0.1, 0.15) is 80.1 Å². The number of nitrogens with zero attached hydrogens (tertiary/aromatic N) is 1. The quantitative estimate of drug-likeness (QED) is 0.558. The molecule has 0 saturated heterocycles. The Bertz CT molecular complexity index is 194. The maximum absolute atomic E-state index is 3.56. The van der Waals surface area contributed by atoms with Crippen LogP contribution in [-0.4, -0.2) is 36.1 Å². The Labute approximate surface area is 122 Å². The van der Waals surface area contributed by atoms with Gasteiger partial charge >= 0.3 is 0 Å². The molecule has 0 unspecified atom stereocenters. The van der Waals surface area contributed by atoms with Crippen LogP contribution >= 0.6 is 0 Å². The lowest BCUT2D eigenvalue weighted by Crippen LogP contribution is -2.36. The molecule has 19 heavy (non-hydrogen) atoms. The molecule has 0 saturated carbocycles. The van der Waals surface area contributed by atoms with Crippen molar-refractivity contribution in [2.45, 2.75) is 91.6 Å². The van der Waals surface area contributed by atoms with Crippen LogP contribution in [0.15, 0.2) is 0 Å². The molecule has 0 fully saturated rings. The average molecular weight is 271 g/mol. The highest BCUT2D eigenvalue weighted by Crippen LogP contribution is 2.07. The summed E-state index contributed by atoms with van der Waals surface area (Å²) in [6.07, 6.45) is 8.05. The first-order chi connectivity index (χ1) is 8.87. The summed E-state index contributed by atoms with van der Waals surface area (Å²) in [4.78, 5) is 2.65. The van der Waals surface area contributed by atoms with Crippen LogP contribution in [0.5, 0.6) is 0 Å². The highest BCUT2D eigenvalue weighted by molar-refractivity contribution is 4.70. The molecule has 0 aromatic rings. The third-order valence-electron chi connectivity index (χ3n) is 3.56. The van der Waals surface area contributed by atoms with Gasteiger partial charge in [-0.2, -0.15) is 0 Å². The predicted molar refractivity (Wildman–Crippen MR) is 87.8 cm³/mol. The van der Waals surface area contributed by atoms with E-state index >= 15 is 0 Å². The smallest absolute Gasteiger partial charge is 0.00965 e. The molecule has 0 atom stereocenters. The van der Waals surface area contributed by atoms with E-state index in [1.54, 1.807) is 0 Å². The van der Waals surface area contributed by atoms with Crippen molar-refractivity contribution in [1.29, 1.82) is 0 Å². The van der Waals surface area contributed by atoms with Gasteiger partial charge in [-0.25, -0.2) is 0 Å². The summed E-state index contributed by atoms with van der Waals surface area (Å²) in [5.74, 6) is 0. The molecule has 0 aromatic carbocycles. The number of hydrogen-bond donors (Lipinski definition) is 1. The Kier molecular flexibility index (Phi) is 10.6. The second kappa shape index (κ2) is 10.7. The Morgan fingerprint density at radius 3 is 1.95 bits per heavy atom. The van der Waals surface area contributed by atoms with Crippen molar-refractivity contribution in [3.05, 3.63) is 0 Å². The van der Waals surface area contributed by atoms with Gasteiger partial charge in [0.15, 0.2) is 0 Å². The van der Waals surface area contributed by atoms with E-state index in [9.17, 15) is 0 Å². The lowest BCUT2D eigenvalue weighted by molar-refractivity contribution is 0.212. The Hall–Kier alpha value is -0.0800. The normalized spacial score (nSPS) is 12.6. The standard InChI is InChI=1S/C17H38N2/c1-7-8-11-14-19(16(2)3)15-12-9-10-13-18-17(4,5)6/h16,18H,7-15H2,1-6H3. The third kappa shape index (κ3) is 12.7. The average Bonchev–Trinajstić information content (AvgIpc) is 2.29. The second-order valence-corrected chi connectivity index (χ2v) is 7.07. The molecule has 0 aromatic heterocycles. The molecular formula is C17H38N2. The zero-order valence-electron chi connectivity index (χ0n) is 14.4. The summed E-state index contributed by atoms with van der Waals surface area (Å²) >= 11 is 0. The highest BCUT2D eigenvalue weighted by atomic mass is 15.1. The zero-order chi connectivity index (χ0) is 14.7. The van der Waals surface area contributed by atoms with Crippen molar-refractivity contribution in [2.75, 3.05) is 19.6 Å². The molecule has 116 valence electrons. The van der Waals surface area contributed by atoms with Gasteiger partial charge in [-0.05, 0) is 73.5 Å². The summed E-state index contributed by atoms with van der Waals surface area (Å²) in [6, 6.07) is 0.699. The van der Waals surface area contributed by atoms with Crippen LogP contribution in [0.3, 0.4) is 0 Å². The zero-order valence-corrected chi connectivity index (χ0v) is 14.4. The van der Waals surface area contributed by atoms with Crippen LogP contribution in [0.25, 0.3) is 0 Å². The van der Waals surface area contributed by atoms with Gasteiger partial charge in [0.05, 0.1) is 0 Å². The van der Waals surface area contributed by atoms with Gasteiger partial charge in [0.1, 0.15) is 0 Å². The topological polar surface area (TPSA) is 15.3 Å². The van der Waals surface area contributed by atoms with Crippen LogP contribution < -0.4 is 5.32 Å². The van der Waals surface area contributed by atoms with E-state index in [0.717, 1.165) is 6.54 Å². The van der Waals surface area contributed by atoms with Gasteiger partial charge < -0.3 is 10.2 Å². The van der Waals surface area contributed by atoms with Crippen LogP contribution in [0.4, 0.5) is 0 Å². The van der Waals surface area contributed by atoms with Gasteiger partial charge in [-0.1, -0.05) is 26.2 Å². The minimum absolute atomic E-state index is 0.268. The van der Waals surface area contributed by atoms with Gasteiger partial charge in [0, 0.05) is 11.6 Å². The summed E-state index contributed by atoms with van der Waals surface area (Å²) in [7, 11) is 0. The molecule has 2 nitrogen and oxygen atoms in total. The van der Waals surface area contributed by atoms with E-state index in [4.69, 9.17) is 0 Å². The molecule has 0 aliphatic rings. The summed E-state index contributed by atoms with van der Waals surface area (Å²) < 4.78 is 0. The number of nitrogens with one attached hydrogen (secondary N) is 1. The molecule has 0 rings (SSSR count). The SMILES string of the molecule is CCCCCN(CCCCCNC(C)(C)C)C(C)C. The maximum atomic E-state index is 3.56. The van der Waals surface area contributed by atoms with Gasteiger partial charge in [-0.3, -0.25) is 0 Å². The molecule has 0 spiro atoms. The van der Waals surface area contributed by atoms with Gasteiger partial charge in [0.25, 0.3) is 0 Å². The van der Waals surface area contributed by atoms with E-state index in [1.807, 2.05) is 0 Å². The molecule has 0 bridgehead atoms. The first kappa shape index (κ1) is 18.9. The van der Waals surface area contributed by atoms with Crippen molar-refractivity contribution in [3.63, 3.8) is 0 Å². The monoisotopic (exact) mass is 270 g/mol. The molecule has 0 heterocycles. The first-order valence-electron chi connectivity index (χ1n) is 8.36.